The van der Waals surface area contributed by atoms with Gasteiger partial charge in [-0.05, 0) is 32.9 Å². The molecular formula is C18H19NO3. The number of ether oxygens (including phenoxy) is 1. The second-order valence-corrected chi connectivity index (χ2v) is 5.84. The van der Waals surface area contributed by atoms with E-state index in [1.54, 1.807) is 32.9 Å². The second kappa shape index (κ2) is 6.40. The normalized spacial score (nSPS) is 10.7. The molecule has 22 heavy (non-hydrogen) atoms. The summed E-state index contributed by atoms with van der Waals surface area (Å²) in [6, 6.07) is 10.9. The van der Waals surface area contributed by atoms with Gasteiger partial charge < -0.3 is 15.2 Å². The monoisotopic (exact) mass is 297 g/mol. The van der Waals surface area contributed by atoms with E-state index in [1.165, 1.54) is 0 Å². The molecule has 114 valence electrons. The highest BCUT2D eigenvalue weighted by molar-refractivity contribution is 5.92. The van der Waals surface area contributed by atoms with Crippen LogP contribution in [0.5, 0.6) is 5.75 Å². The van der Waals surface area contributed by atoms with Crippen LogP contribution in [0.4, 0.5) is 4.79 Å². The Morgan fingerprint density at radius 3 is 2.55 bits per heavy atom. The standard InChI is InChI=1S/C18H19NO3/c1-18(2,3)22-17(21)19-12-6-7-13-10-11-16(20)15-9-5-4-8-14(13)15/h4-5,8-11,20H,12H2,1-3H3,(H,19,21). The molecule has 0 aromatic heterocycles. The van der Waals surface area contributed by atoms with E-state index in [4.69, 9.17) is 4.74 Å². The minimum absolute atomic E-state index is 0.199. The molecular weight excluding hydrogens is 278 g/mol. The predicted molar refractivity (Wildman–Crippen MR) is 86.7 cm³/mol. The first kappa shape index (κ1) is 15.7. The van der Waals surface area contributed by atoms with E-state index in [1.807, 2.05) is 24.3 Å². The fourth-order valence-corrected chi connectivity index (χ4v) is 1.96. The van der Waals surface area contributed by atoms with E-state index >= 15 is 0 Å². The zero-order valence-corrected chi connectivity index (χ0v) is 12.9. The number of carbonyl (C=O) groups is 1. The number of phenolic OH excluding ortho intramolecular Hbond substituents is 1. The van der Waals surface area contributed by atoms with Crippen LogP contribution in [0.1, 0.15) is 26.3 Å². The molecule has 0 atom stereocenters. The van der Waals surface area contributed by atoms with Crippen molar-refractivity contribution in [2.24, 2.45) is 0 Å². The number of benzene rings is 2. The average molecular weight is 297 g/mol. The first-order valence-corrected chi connectivity index (χ1v) is 7.03. The summed E-state index contributed by atoms with van der Waals surface area (Å²) >= 11 is 0. The largest absolute Gasteiger partial charge is 0.507 e. The number of amides is 1. The lowest BCUT2D eigenvalue weighted by Crippen LogP contribution is -2.32. The highest BCUT2D eigenvalue weighted by atomic mass is 16.6. The zero-order chi connectivity index (χ0) is 16.2. The summed E-state index contributed by atoms with van der Waals surface area (Å²) in [5.74, 6) is 6.12. The lowest BCUT2D eigenvalue weighted by atomic mass is 10.0. The summed E-state index contributed by atoms with van der Waals surface area (Å²) in [5, 5.41) is 14.1. The topological polar surface area (TPSA) is 58.6 Å². The van der Waals surface area contributed by atoms with E-state index in [0.717, 1.165) is 16.3 Å². The highest BCUT2D eigenvalue weighted by Gasteiger charge is 2.15. The third-order valence-corrected chi connectivity index (χ3v) is 2.84. The van der Waals surface area contributed by atoms with Crippen LogP contribution in [0.15, 0.2) is 36.4 Å². The van der Waals surface area contributed by atoms with Gasteiger partial charge in [0.25, 0.3) is 0 Å². The quantitative estimate of drug-likeness (QED) is 0.793. The maximum Gasteiger partial charge on any atom is 0.408 e. The molecule has 0 spiro atoms. The van der Waals surface area contributed by atoms with Crippen molar-refractivity contribution in [2.75, 3.05) is 6.54 Å². The van der Waals surface area contributed by atoms with Crippen LogP contribution in [0.2, 0.25) is 0 Å². The Kier molecular flexibility index (Phi) is 4.57. The van der Waals surface area contributed by atoms with Crippen molar-refractivity contribution in [3.63, 3.8) is 0 Å². The van der Waals surface area contributed by atoms with Gasteiger partial charge in [0.1, 0.15) is 11.4 Å². The number of alkyl carbamates (subject to hydrolysis) is 1. The van der Waals surface area contributed by atoms with Crippen molar-refractivity contribution in [1.82, 2.24) is 5.32 Å². The maximum atomic E-state index is 11.5. The predicted octanol–water partition coefficient (Wildman–Crippen LogP) is 3.42. The molecule has 0 aliphatic heterocycles. The smallest absolute Gasteiger partial charge is 0.408 e. The van der Waals surface area contributed by atoms with E-state index in [2.05, 4.69) is 17.2 Å². The van der Waals surface area contributed by atoms with Crippen molar-refractivity contribution in [3.05, 3.63) is 42.0 Å². The minimum Gasteiger partial charge on any atom is -0.507 e. The van der Waals surface area contributed by atoms with Crippen LogP contribution in [0.3, 0.4) is 0 Å². The molecule has 0 unspecified atom stereocenters. The Balaban J connectivity index is 2.07. The molecule has 0 saturated carbocycles. The van der Waals surface area contributed by atoms with Gasteiger partial charge in [0.05, 0.1) is 6.54 Å². The number of rotatable bonds is 1. The Morgan fingerprint density at radius 1 is 1.18 bits per heavy atom. The van der Waals surface area contributed by atoms with Crippen molar-refractivity contribution < 1.29 is 14.6 Å². The molecule has 2 aromatic carbocycles. The van der Waals surface area contributed by atoms with Gasteiger partial charge in [-0.15, -0.1) is 0 Å². The number of nitrogens with one attached hydrogen (secondary N) is 1. The van der Waals surface area contributed by atoms with Crippen LogP contribution < -0.4 is 5.32 Å². The van der Waals surface area contributed by atoms with Gasteiger partial charge in [0, 0.05) is 16.3 Å². The molecule has 0 fully saturated rings. The minimum atomic E-state index is -0.523. The second-order valence-electron chi connectivity index (χ2n) is 5.84. The average Bonchev–Trinajstić information content (AvgIpc) is 2.44. The van der Waals surface area contributed by atoms with Gasteiger partial charge in [-0.3, -0.25) is 0 Å². The Hall–Kier alpha value is -2.67. The van der Waals surface area contributed by atoms with E-state index in [-0.39, 0.29) is 12.3 Å². The summed E-state index contributed by atoms with van der Waals surface area (Å²) < 4.78 is 5.13. The van der Waals surface area contributed by atoms with Crippen molar-refractivity contribution >= 4 is 16.9 Å². The van der Waals surface area contributed by atoms with Gasteiger partial charge in [-0.2, -0.15) is 0 Å². The lowest BCUT2D eigenvalue weighted by Gasteiger charge is -2.19. The Labute approximate surface area is 130 Å². The van der Waals surface area contributed by atoms with Gasteiger partial charge in [-0.1, -0.05) is 36.1 Å². The van der Waals surface area contributed by atoms with Crippen LogP contribution in [-0.2, 0) is 4.74 Å². The summed E-state index contributed by atoms with van der Waals surface area (Å²) in [6.45, 7) is 5.62. The first-order valence-electron chi connectivity index (χ1n) is 7.03. The number of carbonyl (C=O) groups excluding carboxylic acids is 1. The number of fused-ring (bicyclic) bond motifs is 1. The molecule has 4 nitrogen and oxygen atoms in total. The van der Waals surface area contributed by atoms with E-state index < -0.39 is 11.7 Å². The van der Waals surface area contributed by atoms with Crippen LogP contribution in [0, 0.1) is 11.8 Å². The third-order valence-electron chi connectivity index (χ3n) is 2.84. The summed E-state index contributed by atoms with van der Waals surface area (Å²) in [4.78, 5) is 11.5. The van der Waals surface area contributed by atoms with Crippen LogP contribution in [-0.4, -0.2) is 23.3 Å². The zero-order valence-electron chi connectivity index (χ0n) is 12.9. The molecule has 0 radical (unpaired) electrons. The van der Waals surface area contributed by atoms with Gasteiger partial charge in [0.15, 0.2) is 0 Å². The molecule has 0 bridgehead atoms. The van der Waals surface area contributed by atoms with E-state index in [0.29, 0.717) is 0 Å². The third kappa shape index (κ3) is 4.16. The molecule has 0 saturated heterocycles. The molecule has 0 aliphatic carbocycles. The number of aromatic hydroxyl groups is 1. The number of phenols is 1. The molecule has 1 amide bonds. The summed E-state index contributed by atoms with van der Waals surface area (Å²) in [5.41, 5.74) is 0.282. The number of hydrogen-bond donors (Lipinski definition) is 2. The molecule has 2 N–H and O–H groups in total. The Bertz CT molecular complexity index is 748. The molecule has 0 heterocycles. The van der Waals surface area contributed by atoms with Gasteiger partial charge >= 0.3 is 6.09 Å². The first-order chi connectivity index (χ1) is 10.4. The Morgan fingerprint density at radius 2 is 1.86 bits per heavy atom. The molecule has 2 aromatic rings. The maximum absolute atomic E-state index is 11.5. The van der Waals surface area contributed by atoms with Crippen molar-refractivity contribution in [3.8, 4) is 17.6 Å². The van der Waals surface area contributed by atoms with Gasteiger partial charge in [-0.25, -0.2) is 4.79 Å². The SMILES string of the molecule is CC(C)(C)OC(=O)NCC#Cc1ccc(O)c2ccccc12. The fourth-order valence-electron chi connectivity index (χ4n) is 1.96. The fraction of sp³-hybridized carbons (Fsp3) is 0.278. The lowest BCUT2D eigenvalue weighted by molar-refractivity contribution is 0.0535. The van der Waals surface area contributed by atoms with Crippen LogP contribution >= 0.6 is 0 Å². The van der Waals surface area contributed by atoms with Crippen molar-refractivity contribution in [2.45, 2.75) is 26.4 Å². The van der Waals surface area contributed by atoms with E-state index in [9.17, 15) is 9.90 Å². The molecule has 0 aliphatic rings. The van der Waals surface area contributed by atoms with Crippen LogP contribution in [0.25, 0.3) is 10.8 Å². The summed E-state index contributed by atoms with van der Waals surface area (Å²) in [6.07, 6.45) is -0.489. The molecule has 2 rings (SSSR count). The molecule has 4 heteroatoms. The number of hydrogen-bond acceptors (Lipinski definition) is 3. The highest BCUT2D eigenvalue weighted by Crippen LogP contribution is 2.26. The van der Waals surface area contributed by atoms with Gasteiger partial charge in [0.2, 0.25) is 0 Å². The van der Waals surface area contributed by atoms with Crippen molar-refractivity contribution in [1.29, 1.82) is 0 Å². The summed E-state index contributed by atoms with van der Waals surface area (Å²) in [7, 11) is 0.